The summed E-state index contributed by atoms with van der Waals surface area (Å²) in [4.78, 5) is 27.1. The first kappa shape index (κ1) is 18.4. The van der Waals surface area contributed by atoms with Gasteiger partial charge in [0.25, 0.3) is 5.91 Å². The SMILES string of the molecule is CC(C)C(NC(=O)c1ccc(F)cc1)C(=O)NC1CCN(C)CC1. The average Bonchev–Trinajstić information content (AvgIpc) is 2.54. The summed E-state index contributed by atoms with van der Waals surface area (Å²) in [5.74, 6) is -0.963. The van der Waals surface area contributed by atoms with E-state index < -0.39 is 11.9 Å². The van der Waals surface area contributed by atoms with Gasteiger partial charge in [-0.25, -0.2) is 4.39 Å². The molecule has 0 aromatic heterocycles. The minimum absolute atomic E-state index is 0.0411. The second-order valence-electron chi connectivity index (χ2n) is 6.79. The van der Waals surface area contributed by atoms with Crippen LogP contribution in [-0.2, 0) is 4.79 Å². The van der Waals surface area contributed by atoms with Gasteiger partial charge < -0.3 is 15.5 Å². The zero-order valence-corrected chi connectivity index (χ0v) is 14.5. The van der Waals surface area contributed by atoms with E-state index in [1.54, 1.807) is 0 Å². The van der Waals surface area contributed by atoms with Crippen molar-refractivity contribution in [3.05, 3.63) is 35.6 Å². The van der Waals surface area contributed by atoms with Crippen molar-refractivity contribution in [2.75, 3.05) is 20.1 Å². The summed E-state index contributed by atoms with van der Waals surface area (Å²) in [6, 6.07) is 4.84. The molecular formula is C18H26FN3O2. The van der Waals surface area contributed by atoms with E-state index in [0.717, 1.165) is 25.9 Å². The molecular weight excluding hydrogens is 309 g/mol. The number of halogens is 1. The number of hydrogen-bond acceptors (Lipinski definition) is 3. The van der Waals surface area contributed by atoms with E-state index in [2.05, 4.69) is 22.6 Å². The molecule has 1 aliphatic heterocycles. The largest absolute Gasteiger partial charge is 0.351 e. The van der Waals surface area contributed by atoms with Crippen LogP contribution in [0.2, 0.25) is 0 Å². The Bertz CT molecular complexity index is 566. The highest BCUT2D eigenvalue weighted by atomic mass is 19.1. The third-order valence-electron chi connectivity index (χ3n) is 4.41. The summed E-state index contributed by atoms with van der Waals surface area (Å²) in [7, 11) is 2.07. The predicted molar refractivity (Wildman–Crippen MR) is 91.2 cm³/mol. The van der Waals surface area contributed by atoms with Crippen LogP contribution in [0.5, 0.6) is 0 Å². The number of likely N-dealkylation sites (tertiary alicyclic amines) is 1. The van der Waals surface area contributed by atoms with E-state index in [9.17, 15) is 14.0 Å². The van der Waals surface area contributed by atoms with Gasteiger partial charge in [0.1, 0.15) is 11.9 Å². The molecule has 0 spiro atoms. The molecule has 2 rings (SSSR count). The minimum Gasteiger partial charge on any atom is -0.351 e. The van der Waals surface area contributed by atoms with Gasteiger partial charge in [-0.15, -0.1) is 0 Å². The van der Waals surface area contributed by atoms with Crippen LogP contribution in [0, 0.1) is 11.7 Å². The molecule has 2 amide bonds. The number of amides is 2. The number of rotatable bonds is 5. The summed E-state index contributed by atoms with van der Waals surface area (Å²) < 4.78 is 13.0. The molecule has 1 saturated heterocycles. The molecule has 132 valence electrons. The quantitative estimate of drug-likeness (QED) is 0.862. The average molecular weight is 335 g/mol. The fourth-order valence-corrected chi connectivity index (χ4v) is 2.80. The Morgan fingerprint density at radius 3 is 2.29 bits per heavy atom. The fraction of sp³-hybridized carbons (Fsp3) is 0.556. The number of nitrogens with zero attached hydrogens (tertiary/aromatic N) is 1. The van der Waals surface area contributed by atoms with E-state index in [1.807, 2.05) is 13.8 Å². The van der Waals surface area contributed by atoms with Gasteiger partial charge in [-0.05, 0) is 63.2 Å². The Morgan fingerprint density at radius 1 is 1.17 bits per heavy atom. The van der Waals surface area contributed by atoms with Crippen LogP contribution in [0.15, 0.2) is 24.3 Å². The van der Waals surface area contributed by atoms with Crippen LogP contribution in [0.4, 0.5) is 4.39 Å². The lowest BCUT2D eigenvalue weighted by Gasteiger charge is -2.31. The Morgan fingerprint density at radius 2 is 1.75 bits per heavy atom. The molecule has 24 heavy (non-hydrogen) atoms. The van der Waals surface area contributed by atoms with Gasteiger partial charge in [-0.3, -0.25) is 9.59 Å². The molecule has 5 nitrogen and oxygen atoms in total. The smallest absolute Gasteiger partial charge is 0.251 e. The molecule has 0 radical (unpaired) electrons. The maximum Gasteiger partial charge on any atom is 0.251 e. The number of carbonyl (C=O) groups is 2. The summed E-state index contributed by atoms with van der Waals surface area (Å²) in [6.07, 6.45) is 1.83. The zero-order chi connectivity index (χ0) is 17.7. The van der Waals surface area contributed by atoms with E-state index in [4.69, 9.17) is 0 Å². The molecule has 1 unspecified atom stereocenters. The molecule has 1 fully saturated rings. The van der Waals surface area contributed by atoms with Gasteiger partial charge in [0.15, 0.2) is 0 Å². The highest BCUT2D eigenvalue weighted by Crippen LogP contribution is 2.11. The van der Waals surface area contributed by atoms with Crippen molar-refractivity contribution in [1.29, 1.82) is 0 Å². The molecule has 1 aliphatic rings. The molecule has 0 bridgehead atoms. The monoisotopic (exact) mass is 335 g/mol. The summed E-state index contributed by atoms with van der Waals surface area (Å²) in [5, 5.41) is 5.81. The van der Waals surface area contributed by atoms with Gasteiger partial charge in [-0.2, -0.15) is 0 Å². The van der Waals surface area contributed by atoms with Crippen LogP contribution in [0.3, 0.4) is 0 Å². The number of piperidine rings is 1. The van der Waals surface area contributed by atoms with Crippen molar-refractivity contribution in [1.82, 2.24) is 15.5 Å². The van der Waals surface area contributed by atoms with Crippen molar-refractivity contribution in [3.8, 4) is 0 Å². The Kier molecular flexibility index (Phi) is 6.31. The summed E-state index contributed by atoms with van der Waals surface area (Å²) in [5.41, 5.74) is 0.342. The molecule has 1 aromatic carbocycles. The Hall–Kier alpha value is -1.95. The fourth-order valence-electron chi connectivity index (χ4n) is 2.80. The normalized spacial score (nSPS) is 17.5. The molecule has 1 atom stereocenters. The molecule has 6 heteroatoms. The van der Waals surface area contributed by atoms with E-state index in [0.29, 0.717) is 5.56 Å². The van der Waals surface area contributed by atoms with Gasteiger partial charge in [0.05, 0.1) is 0 Å². The van der Waals surface area contributed by atoms with Gasteiger partial charge in [-0.1, -0.05) is 13.8 Å². The molecule has 2 N–H and O–H groups in total. The van der Waals surface area contributed by atoms with Crippen LogP contribution < -0.4 is 10.6 Å². The van der Waals surface area contributed by atoms with Crippen LogP contribution in [0.25, 0.3) is 0 Å². The maximum absolute atomic E-state index is 13.0. The summed E-state index contributed by atoms with van der Waals surface area (Å²) in [6.45, 7) is 5.70. The Balaban J connectivity index is 1.96. The van der Waals surface area contributed by atoms with Gasteiger partial charge in [0.2, 0.25) is 5.91 Å². The number of nitrogens with one attached hydrogen (secondary N) is 2. The topological polar surface area (TPSA) is 61.4 Å². The van der Waals surface area contributed by atoms with Crippen LogP contribution in [0.1, 0.15) is 37.0 Å². The highest BCUT2D eigenvalue weighted by molar-refractivity contribution is 5.97. The number of hydrogen-bond donors (Lipinski definition) is 2. The van der Waals surface area contributed by atoms with Gasteiger partial charge >= 0.3 is 0 Å². The molecule has 1 heterocycles. The van der Waals surface area contributed by atoms with E-state index >= 15 is 0 Å². The predicted octanol–water partition coefficient (Wildman–Crippen LogP) is 1.79. The van der Waals surface area contributed by atoms with Crippen molar-refractivity contribution in [3.63, 3.8) is 0 Å². The van der Waals surface area contributed by atoms with Crippen molar-refractivity contribution < 1.29 is 14.0 Å². The lowest BCUT2D eigenvalue weighted by molar-refractivity contribution is -0.125. The van der Waals surface area contributed by atoms with Crippen molar-refractivity contribution in [2.24, 2.45) is 5.92 Å². The first-order valence-electron chi connectivity index (χ1n) is 8.42. The van der Waals surface area contributed by atoms with E-state index in [1.165, 1.54) is 24.3 Å². The third-order valence-corrected chi connectivity index (χ3v) is 4.41. The standard InChI is InChI=1S/C18H26FN3O2/c1-12(2)16(18(24)20-15-8-10-22(3)11-9-15)21-17(23)13-4-6-14(19)7-5-13/h4-7,12,15-16H,8-11H2,1-3H3,(H,20,24)(H,21,23). The minimum atomic E-state index is -0.609. The van der Waals surface area contributed by atoms with Gasteiger partial charge in [0, 0.05) is 11.6 Å². The Labute approximate surface area is 142 Å². The number of carbonyl (C=O) groups excluding carboxylic acids is 2. The highest BCUT2D eigenvalue weighted by Gasteiger charge is 2.27. The van der Waals surface area contributed by atoms with E-state index in [-0.39, 0.29) is 23.8 Å². The van der Waals surface area contributed by atoms with Crippen molar-refractivity contribution in [2.45, 2.75) is 38.8 Å². The summed E-state index contributed by atoms with van der Waals surface area (Å²) >= 11 is 0. The van der Waals surface area contributed by atoms with Crippen molar-refractivity contribution >= 4 is 11.8 Å². The lowest BCUT2D eigenvalue weighted by Crippen LogP contribution is -2.53. The van der Waals surface area contributed by atoms with Crippen LogP contribution in [-0.4, -0.2) is 48.9 Å². The second kappa shape index (κ2) is 8.24. The third kappa shape index (κ3) is 5.03. The number of benzene rings is 1. The molecule has 0 aliphatic carbocycles. The first-order chi connectivity index (χ1) is 11.4. The molecule has 0 saturated carbocycles. The molecule has 1 aromatic rings. The second-order valence-corrected chi connectivity index (χ2v) is 6.79. The van der Waals surface area contributed by atoms with Crippen LogP contribution >= 0.6 is 0 Å². The first-order valence-corrected chi connectivity index (χ1v) is 8.42. The lowest BCUT2D eigenvalue weighted by atomic mass is 10.0. The zero-order valence-electron chi connectivity index (χ0n) is 14.5. The maximum atomic E-state index is 13.0.